The minimum Gasteiger partial charge on any atom is -0.289 e. The Labute approximate surface area is 121 Å². The molecule has 0 bridgehead atoms. The SMILES string of the molecule is CCC(C)c1ccc(C(=O)c2cc(F)c(F)c(F)c2)cc1. The molecule has 1 unspecified atom stereocenters. The summed E-state index contributed by atoms with van der Waals surface area (Å²) in [7, 11) is 0. The summed E-state index contributed by atoms with van der Waals surface area (Å²) in [5.41, 5.74) is 1.20. The molecule has 110 valence electrons. The minimum absolute atomic E-state index is 0.206. The van der Waals surface area contributed by atoms with Crippen molar-refractivity contribution in [1.29, 1.82) is 0 Å². The van der Waals surface area contributed by atoms with Crippen molar-refractivity contribution in [1.82, 2.24) is 0 Å². The number of benzene rings is 2. The van der Waals surface area contributed by atoms with E-state index in [1.165, 1.54) is 0 Å². The Kier molecular flexibility index (Phi) is 4.46. The maximum Gasteiger partial charge on any atom is 0.194 e. The molecule has 0 aliphatic rings. The summed E-state index contributed by atoms with van der Waals surface area (Å²) in [6.07, 6.45) is 0.974. The third kappa shape index (κ3) is 3.15. The molecule has 0 fully saturated rings. The molecule has 0 aliphatic heterocycles. The molecule has 0 aliphatic carbocycles. The first kappa shape index (κ1) is 15.3. The van der Waals surface area contributed by atoms with Gasteiger partial charge in [-0.2, -0.15) is 0 Å². The van der Waals surface area contributed by atoms with Crippen molar-refractivity contribution >= 4 is 5.78 Å². The molecule has 1 nitrogen and oxygen atoms in total. The molecule has 1 atom stereocenters. The molecule has 0 saturated carbocycles. The van der Waals surface area contributed by atoms with E-state index in [-0.39, 0.29) is 5.56 Å². The summed E-state index contributed by atoms with van der Waals surface area (Å²) >= 11 is 0. The highest BCUT2D eigenvalue weighted by Gasteiger charge is 2.16. The van der Waals surface area contributed by atoms with Crippen LogP contribution in [0.25, 0.3) is 0 Å². The van der Waals surface area contributed by atoms with Crippen LogP contribution in [-0.2, 0) is 0 Å². The zero-order valence-electron chi connectivity index (χ0n) is 11.8. The summed E-state index contributed by atoms with van der Waals surface area (Å²) in [6.45, 7) is 4.13. The minimum atomic E-state index is -1.57. The first-order chi connectivity index (χ1) is 9.93. The second-order valence-electron chi connectivity index (χ2n) is 5.01. The van der Waals surface area contributed by atoms with Crippen LogP contribution in [0.2, 0.25) is 0 Å². The van der Waals surface area contributed by atoms with Gasteiger partial charge in [0.15, 0.2) is 23.2 Å². The number of halogens is 3. The van der Waals surface area contributed by atoms with Crippen LogP contribution in [0.3, 0.4) is 0 Å². The van der Waals surface area contributed by atoms with E-state index in [0.717, 1.165) is 12.0 Å². The number of ketones is 1. The third-order valence-electron chi connectivity index (χ3n) is 3.60. The Morgan fingerprint density at radius 1 is 1.00 bits per heavy atom. The van der Waals surface area contributed by atoms with Gasteiger partial charge in [0.1, 0.15) is 0 Å². The molecule has 0 N–H and O–H groups in total. The van der Waals surface area contributed by atoms with E-state index >= 15 is 0 Å². The second-order valence-corrected chi connectivity index (χ2v) is 5.01. The fourth-order valence-electron chi connectivity index (χ4n) is 2.05. The van der Waals surface area contributed by atoms with Crippen molar-refractivity contribution in [3.63, 3.8) is 0 Å². The number of hydrogen-bond acceptors (Lipinski definition) is 1. The zero-order chi connectivity index (χ0) is 15.6. The lowest BCUT2D eigenvalue weighted by molar-refractivity contribution is 0.103. The summed E-state index contributed by atoms with van der Waals surface area (Å²) in [6, 6.07) is 8.29. The van der Waals surface area contributed by atoms with Gasteiger partial charge in [0.25, 0.3) is 0 Å². The lowest BCUT2D eigenvalue weighted by Crippen LogP contribution is -2.05. The molecular weight excluding hydrogens is 277 g/mol. The van der Waals surface area contributed by atoms with Gasteiger partial charge in [-0.1, -0.05) is 38.1 Å². The van der Waals surface area contributed by atoms with Crippen LogP contribution in [0.5, 0.6) is 0 Å². The molecule has 21 heavy (non-hydrogen) atoms. The van der Waals surface area contributed by atoms with Crippen LogP contribution in [0.1, 0.15) is 47.7 Å². The van der Waals surface area contributed by atoms with Gasteiger partial charge in [0.05, 0.1) is 0 Å². The second kappa shape index (κ2) is 6.12. The molecule has 0 saturated heterocycles. The summed E-state index contributed by atoms with van der Waals surface area (Å²) in [5.74, 6) is -4.47. The van der Waals surface area contributed by atoms with Crippen LogP contribution in [-0.4, -0.2) is 5.78 Å². The van der Waals surface area contributed by atoms with E-state index in [1.54, 1.807) is 12.1 Å². The fraction of sp³-hybridized carbons (Fsp3) is 0.235. The zero-order valence-corrected chi connectivity index (χ0v) is 11.8. The van der Waals surface area contributed by atoms with E-state index in [2.05, 4.69) is 13.8 Å². The van der Waals surface area contributed by atoms with Crippen LogP contribution in [0, 0.1) is 17.5 Å². The number of rotatable bonds is 4. The van der Waals surface area contributed by atoms with Crippen molar-refractivity contribution in [2.75, 3.05) is 0 Å². The molecule has 2 aromatic rings. The average molecular weight is 292 g/mol. The Hall–Kier alpha value is -2.10. The van der Waals surface area contributed by atoms with Crippen molar-refractivity contribution in [2.24, 2.45) is 0 Å². The Bertz CT molecular complexity index is 639. The van der Waals surface area contributed by atoms with E-state index in [0.29, 0.717) is 23.6 Å². The maximum atomic E-state index is 13.2. The van der Waals surface area contributed by atoms with Crippen molar-refractivity contribution in [3.05, 3.63) is 70.5 Å². The number of hydrogen-bond donors (Lipinski definition) is 0. The van der Waals surface area contributed by atoms with E-state index < -0.39 is 23.2 Å². The smallest absolute Gasteiger partial charge is 0.194 e. The monoisotopic (exact) mass is 292 g/mol. The van der Waals surface area contributed by atoms with Gasteiger partial charge in [-0.25, -0.2) is 13.2 Å². The van der Waals surface area contributed by atoms with Crippen molar-refractivity contribution in [3.8, 4) is 0 Å². The topological polar surface area (TPSA) is 17.1 Å². The van der Waals surface area contributed by atoms with Gasteiger partial charge in [-0.15, -0.1) is 0 Å². The van der Waals surface area contributed by atoms with Gasteiger partial charge in [-0.3, -0.25) is 4.79 Å². The molecule has 0 spiro atoms. The molecular formula is C17H15F3O. The van der Waals surface area contributed by atoms with Gasteiger partial charge in [0, 0.05) is 11.1 Å². The highest BCUT2D eigenvalue weighted by molar-refractivity contribution is 6.09. The quantitative estimate of drug-likeness (QED) is 0.581. The van der Waals surface area contributed by atoms with Crippen molar-refractivity contribution < 1.29 is 18.0 Å². The highest BCUT2D eigenvalue weighted by Crippen LogP contribution is 2.21. The van der Waals surface area contributed by atoms with Crippen LogP contribution in [0.4, 0.5) is 13.2 Å². The van der Waals surface area contributed by atoms with Gasteiger partial charge >= 0.3 is 0 Å². The van der Waals surface area contributed by atoms with Gasteiger partial charge in [0.2, 0.25) is 0 Å². The molecule has 0 amide bonds. The first-order valence-electron chi connectivity index (χ1n) is 6.73. The lowest BCUT2D eigenvalue weighted by atomic mass is 9.95. The van der Waals surface area contributed by atoms with Crippen molar-refractivity contribution in [2.45, 2.75) is 26.2 Å². The predicted molar refractivity (Wildman–Crippen MR) is 74.9 cm³/mol. The predicted octanol–water partition coefficient (Wildman–Crippen LogP) is 4.85. The summed E-state index contributed by atoms with van der Waals surface area (Å²) in [4.78, 5) is 12.2. The largest absolute Gasteiger partial charge is 0.289 e. The molecule has 2 aromatic carbocycles. The fourth-order valence-corrected chi connectivity index (χ4v) is 2.05. The van der Waals surface area contributed by atoms with Crippen LogP contribution < -0.4 is 0 Å². The molecule has 0 heterocycles. The molecule has 0 aromatic heterocycles. The van der Waals surface area contributed by atoms with Crippen LogP contribution >= 0.6 is 0 Å². The summed E-state index contributed by atoms with van der Waals surface area (Å²) in [5, 5.41) is 0. The van der Waals surface area contributed by atoms with E-state index in [9.17, 15) is 18.0 Å². The Morgan fingerprint density at radius 3 is 2.00 bits per heavy atom. The molecule has 0 radical (unpaired) electrons. The summed E-state index contributed by atoms with van der Waals surface area (Å²) < 4.78 is 39.2. The number of carbonyl (C=O) groups excluding carboxylic acids is 1. The normalized spacial score (nSPS) is 12.2. The van der Waals surface area contributed by atoms with E-state index in [4.69, 9.17) is 0 Å². The average Bonchev–Trinajstić information content (AvgIpc) is 2.50. The third-order valence-corrected chi connectivity index (χ3v) is 3.60. The lowest BCUT2D eigenvalue weighted by Gasteiger charge is -2.09. The van der Waals surface area contributed by atoms with E-state index in [1.807, 2.05) is 12.1 Å². The maximum absolute atomic E-state index is 13.2. The number of carbonyl (C=O) groups is 1. The van der Waals surface area contributed by atoms with Gasteiger partial charge in [-0.05, 0) is 30.0 Å². The molecule has 4 heteroatoms. The first-order valence-corrected chi connectivity index (χ1v) is 6.73. The standard InChI is InChI=1S/C17H15F3O/c1-3-10(2)11-4-6-12(7-5-11)17(21)13-8-14(18)16(20)15(19)9-13/h4-10H,3H2,1-2H3. The Balaban J connectivity index is 2.32. The molecule has 2 rings (SSSR count). The van der Waals surface area contributed by atoms with Gasteiger partial charge < -0.3 is 0 Å². The van der Waals surface area contributed by atoms with Crippen LogP contribution in [0.15, 0.2) is 36.4 Å². The Morgan fingerprint density at radius 2 is 1.52 bits per heavy atom. The highest BCUT2D eigenvalue weighted by atomic mass is 19.2.